The molecule has 14 heteroatoms. The van der Waals surface area contributed by atoms with E-state index in [2.05, 4.69) is 14.5 Å². The fraction of sp³-hybridized carbons (Fsp3) is 0.286. The van der Waals surface area contributed by atoms with Crippen molar-refractivity contribution in [1.82, 2.24) is 4.90 Å². The number of aromatic carboxylic acids is 1. The fourth-order valence-electron chi connectivity index (χ4n) is 4.28. The van der Waals surface area contributed by atoms with Gasteiger partial charge in [-0.1, -0.05) is 43.3 Å². The van der Waals surface area contributed by atoms with Crippen LogP contribution in [0.15, 0.2) is 71.6 Å². The van der Waals surface area contributed by atoms with Gasteiger partial charge in [-0.25, -0.2) is 22.4 Å². The Morgan fingerprint density at radius 2 is 1.48 bits per heavy atom. The van der Waals surface area contributed by atoms with Gasteiger partial charge in [0, 0.05) is 44.0 Å². The van der Waals surface area contributed by atoms with Crippen molar-refractivity contribution >= 4 is 33.3 Å². The zero-order valence-corrected chi connectivity index (χ0v) is 23.3. The molecule has 0 unspecified atom stereocenters. The van der Waals surface area contributed by atoms with E-state index in [1.54, 1.807) is 36.4 Å². The van der Waals surface area contributed by atoms with E-state index < -0.39 is 28.1 Å². The smallest absolute Gasteiger partial charge is 0.478 e. The molecule has 3 N–H and O–H groups in total. The summed E-state index contributed by atoms with van der Waals surface area (Å²) in [5.41, 5.74) is 1.90. The van der Waals surface area contributed by atoms with Gasteiger partial charge in [0.1, 0.15) is 5.82 Å². The molecule has 226 valence electrons. The van der Waals surface area contributed by atoms with Gasteiger partial charge in [0.05, 0.1) is 16.1 Å². The van der Waals surface area contributed by atoms with Crippen LogP contribution in [-0.4, -0.2) is 67.8 Å². The quantitative estimate of drug-likeness (QED) is 0.309. The van der Waals surface area contributed by atoms with E-state index in [-0.39, 0.29) is 22.0 Å². The van der Waals surface area contributed by atoms with Gasteiger partial charge < -0.3 is 15.1 Å². The van der Waals surface area contributed by atoms with Crippen LogP contribution in [0, 0.1) is 5.82 Å². The van der Waals surface area contributed by atoms with Gasteiger partial charge in [0.15, 0.2) is 0 Å². The molecular formula is C28H29F4N3O6S. The lowest BCUT2D eigenvalue weighted by Crippen LogP contribution is -2.46. The van der Waals surface area contributed by atoms with E-state index in [1.807, 2.05) is 13.0 Å². The highest BCUT2D eigenvalue weighted by atomic mass is 32.2. The minimum atomic E-state index is -5.08. The highest BCUT2D eigenvalue weighted by molar-refractivity contribution is 7.92. The van der Waals surface area contributed by atoms with E-state index >= 15 is 0 Å². The number of hydrogen-bond acceptors (Lipinski definition) is 6. The zero-order valence-electron chi connectivity index (χ0n) is 22.4. The first-order chi connectivity index (χ1) is 19.7. The third kappa shape index (κ3) is 8.42. The van der Waals surface area contributed by atoms with Gasteiger partial charge in [-0.2, -0.15) is 13.2 Å². The molecule has 0 amide bonds. The molecular weight excluding hydrogens is 582 g/mol. The SMILES string of the molecule is CCc1ccccc1S(=O)(=O)Nc1ccc(N2CCN(Cc3ccccc3F)CC2)cc1C(=O)O.O=C(O)C(F)(F)F. The molecule has 1 saturated heterocycles. The van der Waals surface area contributed by atoms with E-state index in [1.165, 1.54) is 24.3 Å². The molecule has 4 rings (SSSR count). The fourth-order valence-corrected chi connectivity index (χ4v) is 5.68. The van der Waals surface area contributed by atoms with Crippen LogP contribution < -0.4 is 9.62 Å². The Hall–Kier alpha value is -4.17. The molecule has 1 aliphatic heterocycles. The number of carbonyl (C=O) groups is 2. The zero-order chi connectivity index (χ0) is 31.1. The van der Waals surface area contributed by atoms with E-state index in [0.29, 0.717) is 56.0 Å². The summed E-state index contributed by atoms with van der Waals surface area (Å²) in [5, 5.41) is 16.9. The number of aryl methyl sites for hydroxylation is 1. The molecule has 0 spiro atoms. The van der Waals surface area contributed by atoms with E-state index in [0.717, 1.165) is 0 Å². The molecule has 0 atom stereocenters. The standard InChI is InChI=1S/C26H28FN3O4S.C2HF3O2/c1-2-19-7-4-6-10-25(19)35(33,34)28-24-12-11-21(17-22(24)26(31)32)30-15-13-29(14-16-30)18-20-8-3-5-9-23(20)27;3-2(4,5)1(6)7/h3-12,17,28H,2,13-16,18H2,1H3,(H,31,32);(H,6,7). The molecule has 3 aromatic rings. The van der Waals surface area contributed by atoms with Crippen LogP contribution in [0.5, 0.6) is 0 Å². The van der Waals surface area contributed by atoms with Gasteiger partial charge in [0.2, 0.25) is 0 Å². The van der Waals surface area contributed by atoms with Gasteiger partial charge in [-0.05, 0) is 42.3 Å². The summed E-state index contributed by atoms with van der Waals surface area (Å²) in [5.74, 6) is -4.19. The number of anilines is 2. The van der Waals surface area contributed by atoms with Crippen molar-refractivity contribution in [3.63, 3.8) is 0 Å². The largest absolute Gasteiger partial charge is 0.490 e. The van der Waals surface area contributed by atoms with Gasteiger partial charge in [-0.15, -0.1) is 0 Å². The molecule has 1 heterocycles. The molecule has 3 aromatic carbocycles. The van der Waals surface area contributed by atoms with Crippen LogP contribution in [0.3, 0.4) is 0 Å². The second-order valence-electron chi connectivity index (χ2n) is 9.26. The number of carboxylic acid groups (broad SMARTS) is 2. The van der Waals surface area contributed by atoms with E-state index in [4.69, 9.17) is 9.90 Å². The Labute approximate surface area is 240 Å². The summed E-state index contributed by atoms with van der Waals surface area (Å²) >= 11 is 0. The Balaban J connectivity index is 0.000000616. The third-order valence-corrected chi connectivity index (χ3v) is 7.92. The molecule has 0 aliphatic carbocycles. The number of hydrogen-bond donors (Lipinski definition) is 3. The second kappa shape index (κ2) is 13.7. The monoisotopic (exact) mass is 611 g/mol. The summed E-state index contributed by atoms with van der Waals surface area (Å²) in [4.78, 5) is 25.2. The predicted molar refractivity (Wildman–Crippen MR) is 148 cm³/mol. The lowest BCUT2D eigenvalue weighted by atomic mass is 10.1. The van der Waals surface area contributed by atoms with Crippen molar-refractivity contribution in [2.45, 2.75) is 31.0 Å². The molecule has 0 saturated carbocycles. The minimum Gasteiger partial charge on any atom is -0.478 e. The summed E-state index contributed by atoms with van der Waals surface area (Å²) in [6.45, 7) is 5.05. The maximum atomic E-state index is 14.0. The molecule has 42 heavy (non-hydrogen) atoms. The molecule has 0 bridgehead atoms. The van der Waals surface area contributed by atoms with Gasteiger partial charge >= 0.3 is 18.1 Å². The second-order valence-corrected chi connectivity index (χ2v) is 10.9. The number of halogens is 4. The maximum absolute atomic E-state index is 14.0. The van der Waals surface area contributed by atoms with Crippen LogP contribution >= 0.6 is 0 Å². The van der Waals surface area contributed by atoms with Crippen molar-refractivity contribution in [3.8, 4) is 0 Å². The number of rotatable bonds is 8. The number of alkyl halides is 3. The molecule has 9 nitrogen and oxygen atoms in total. The average molecular weight is 612 g/mol. The Kier molecular flexibility index (Phi) is 10.5. The minimum absolute atomic E-state index is 0.0188. The van der Waals surface area contributed by atoms with Crippen LogP contribution in [0.1, 0.15) is 28.4 Å². The molecule has 0 radical (unpaired) electrons. The van der Waals surface area contributed by atoms with E-state index in [9.17, 15) is 35.9 Å². The number of sulfonamides is 1. The Morgan fingerprint density at radius 1 is 0.905 bits per heavy atom. The normalized spacial score (nSPS) is 14.1. The van der Waals surface area contributed by atoms with Crippen molar-refractivity contribution < 1.29 is 45.8 Å². The predicted octanol–water partition coefficient (Wildman–Crippen LogP) is 4.84. The first-order valence-corrected chi connectivity index (χ1v) is 14.2. The number of nitrogens with one attached hydrogen (secondary N) is 1. The number of benzene rings is 3. The summed E-state index contributed by atoms with van der Waals surface area (Å²) in [6, 6.07) is 18.1. The lowest BCUT2D eigenvalue weighted by molar-refractivity contribution is -0.192. The van der Waals surface area contributed by atoms with Crippen molar-refractivity contribution in [2.75, 3.05) is 35.8 Å². The van der Waals surface area contributed by atoms with Gasteiger partial charge in [-0.3, -0.25) is 9.62 Å². The van der Waals surface area contributed by atoms with Crippen molar-refractivity contribution in [2.24, 2.45) is 0 Å². The number of aliphatic carboxylic acids is 1. The molecule has 0 aromatic heterocycles. The summed E-state index contributed by atoms with van der Waals surface area (Å²) < 4.78 is 74.2. The first kappa shape index (κ1) is 32.3. The van der Waals surface area contributed by atoms with Crippen LogP contribution in [0.4, 0.5) is 28.9 Å². The topological polar surface area (TPSA) is 127 Å². The van der Waals surface area contributed by atoms with Gasteiger partial charge in [0.25, 0.3) is 10.0 Å². The Morgan fingerprint density at radius 3 is 2.02 bits per heavy atom. The highest BCUT2D eigenvalue weighted by Gasteiger charge is 2.38. The lowest BCUT2D eigenvalue weighted by Gasteiger charge is -2.36. The third-order valence-electron chi connectivity index (χ3n) is 6.45. The first-order valence-electron chi connectivity index (χ1n) is 12.7. The van der Waals surface area contributed by atoms with Crippen LogP contribution in [0.2, 0.25) is 0 Å². The molecule has 1 aliphatic rings. The number of carboxylic acids is 2. The number of piperazine rings is 1. The maximum Gasteiger partial charge on any atom is 0.490 e. The van der Waals surface area contributed by atoms with Crippen LogP contribution in [0.25, 0.3) is 0 Å². The average Bonchev–Trinajstić information content (AvgIpc) is 2.94. The summed E-state index contributed by atoms with van der Waals surface area (Å²) in [6.07, 6.45) is -4.55. The Bertz CT molecular complexity index is 1520. The molecule has 1 fully saturated rings. The van der Waals surface area contributed by atoms with Crippen molar-refractivity contribution in [1.29, 1.82) is 0 Å². The van der Waals surface area contributed by atoms with Crippen molar-refractivity contribution in [3.05, 3.63) is 89.2 Å². The van der Waals surface area contributed by atoms with Crippen LogP contribution in [-0.2, 0) is 27.8 Å². The number of nitrogens with zero attached hydrogens (tertiary/aromatic N) is 2. The summed E-state index contributed by atoms with van der Waals surface area (Å²) in [7, 11) is -3.95. The highest BCUT2D eigenvalue weighted by Crippen LogP contribution is 2.28.